The average molecular weight is 364 g/mol. The Morgan fingerprint density at radius 3 is 2.62 bits per heavy atom. The molecule has 146 valence electrons. The van der Waals surface area contributed by atoms with Crippen molar-refractivity contribution in [3.05, 3.63) is 23.8 Å². The molecule has 0 aliphatic heterocycles. The van der Waals surface area contributed by atoms with E-state index in [9.17, 15) is 0 Å². The molecular formula is C20H33N3O3. The van der Waals surface area contributed by atoms with E-state index < -0.39 is 0 Å². The largest absolute Gasteiger partial charge is 0.493 e. The van der Waals surface area contributed by atoms with Crippen LogP contribution in [0.1, 0.15) is 44.6 Å². The number of rotatable bonds is 10. The summed E-state index contributed by atoms with van der Waals surface area (Å²) < 4.78 is 16.5. The molecule has 0 radical (unpaired) electrons. The third-order valence-corrected chi connectivity index (χ3v) is 4.92. The van der Waals surface area contributed by atoms with Crippen LogP contribution in [-0.2, 0) is 11.3 Å². The number of guanidine groups is 1. The van der Waals surface area contributed by atoms with E-state index in [0.717, 1.165) is 25.1 Å². The highest BCUT2D eigenvalue weighted by molar-refractivity contribution is 5.77. The Bertz CT molecular complexity index is 571. The zero-order valence-corrected chi connectivity index (χ0v) is 16.3. The molecule has 3 N–H and O–H groups in total. The van der Waals surface area contributed by atoms with E-state index in [1.165, 1.54) is 25.7 Å². The Balaban J connectivity index is 1.80. The Hall–Kier alpha value is -1.95. The highest BCUT2D eigenvalue weighted by Gasteiger charge is 2.24. The molecule has 0 aromatic heterocycles. The molecule has 1 aromatic carbocycles. The lowest BCUT2D eigenvalue weighted by Gasteiger charge is -2.23. The molecule has 0 amide bonds. The number of nitrogens with one attached hydrogen (secondary N) is 1. The van der Waals surface area contributed by atoms with E-state index in [-0.39, 0.29) is 0 Å². The molecule has 1 atom stereocenters. The molecule has 6 nitrogen and oxygen atoms in total. The van der Waals surface area contributed by atoms with Gasteiger partial charge in [0.1, 0.15) is 0 Å². The van der Waals surface area contributed by atoms with Gasteiger partial charge in [-0.05, 0) is 49.8 Å². The van der Waals surface area contributed by atoms with Crippen LogP contribution >= 0.6 is 0 Å². The number of ether oxygens (including phenoxy) is 3. The van der Waals surface area contributed by atoms with Gasteiger partial charge in [0.25, 0.3) is 0 Å². The van der Waals surface area contributed by atoms with Crippen molar-refractivity contribution >= 4 is 5.96 Å². The van der Waals surface area contributed by atoms with Crippen LogP contribution in [0.4, 0.5) is 0 Å². The highest BCUT2D eigenvalue weighted by Crippen LogP contribution is 2.30. The fraction of sp³-hybridized carbons (Fsp3) is 0.650. The number of hydrogen-bond acceptors (Lipinski definition) is 4. The van der Waals surface area contributed by atoms with E-state index >= 15 is 0 Å². The zero-order valence-electron chi connectivity index (χ0n) is 16.3. The van der Waals surface area contributed by atoms with Gasteiger partial charge in [-0.25, -0.2) is 4.99 Å². The van der Waals surface area contributed by atoms with Crippen molar-refractivity contribution in [3.63, 3.8) is 0 Å². The molecule has 1 aliphatic carbocycles. The number of hydrogen-bond donors (Lipinski definition) is 2. The molecule has 1 saturated carbocycles. The number of nitrogens with zero attached hydrogens (tertiary/aromatic N) is 1. The molecule has 2 rings (SSSR count). The zero-order chi connectivity index (χ0) is 18.8. The summed E-state index contributed by atoms with van der Waals surface area (Å²) in [6.07, 6.45) is 6.52. The van der Waals surface area contributed by atoms with Gasteiger partial charge in [-0.3, -0.25) is 0 Å². The van der Waals surface area contributed by atoms with Crippen molar-refractivity contribution in [2.75, 3.05) is 27.4 Å². The Labute approximate surface area is 157 Å². The van der Waals surface area contributed by atoms with Gasteiger partial charge in [-0.1, -0.05) is 18.9 Å². The van der Waals surface area contributed by atoms with Gasteiger partial charge in [-0.15, -0.1) is 0 Å². The Morgan fingerprint density at radius 1 is 1.23 bits per heavy atom. The molecule has 0 bridgehead atoms. The lowest BCUT2D eigenvalue weighted by atomic mass is 9.98. The van der Waals surface area contributed by atoms with Crippen molar-refractivity contribution in [3.8, 4) is 11.5 Å². The minimum atomic E-state index is 0.327. The van der Waals surface area contributed by atoms with Crippen molar-refractivity contribution < 1.29 is 14.2 Å². The monoisotopic (exact) mass is 363 g/mol. The van der Waals surface area contributed by atoms with E-state index in [2.05, 4.69) is 17.2 Å². The minimum absolute atomic E-state index is 0.327. The Morgan fingerprint density at radius 2 is 1.96 bits per heavy atom. The Kier molecular flexibility index (Phi) is 8.54. The summed E-state index contributed by atoms with van der Waals surface area (Å²) in [5, 5.41) is 3.21. The van der Waals surface area contributed by atoms with Crippen molar-refractivity contribution in [2.24, 2.45) is 16.6 Å². The van der Waals surface area contributed by atoms with Gasteiger partial charge >= 0.3 is 0 Å². The van der Waals surface area contributed by atoms with Crippen LogP contribution in [0.15, 0.2) is 23.2 Å². The van der Waals surface area contributed by atoms with Gasteiger partial charge in [0.15, 0.2) is 17.5 Å². The average Bonchev–Trinajstić information content (AvgIpc) is 3.20. The summed E-state index contributed by atoms with van der Waals surface area (Å²) in [6.45, 7) is 4.11. The minimum Gasteiger partial charge on any atom is -0.493 e. The van der Waals surface area contributed by atoms with Crippen LogP contribution in [0.5, 0.6) is 11.5 Å². The number of nitrogens with two attached hydrogens (primary N) is 1. The molecule has 0 heterocycles. The first-order chi connectivity index (χ1) is 12.7. The van der Waals surface area contributed by atoms with Gasteiger partial charge in [-0.2, -0.15) is 0 Å². The topological polar surface area (TPSA) is 78.1 Å². The van der Waals surface area contributed by atoms with Gasteiger partial charge in [0, 0.05) is 13.2 Å². The highest BCUT2D eigenvalue weighted by atomic mass is 16.5. The van der Waals surface area contributed by atoms with E-state index in [1.54, 1.807) is 14.2 Å². The van der Waals surface area contributed by atoms with E-state index in [0.29, 0.717) is 36.0 Å². The second kappa shape index (κ2) is 10.9. The molecule has 1 aromatic rings. The van der Waals surface area contributed by atoms with Crippen LogP contribution in [0, 0.1) is 5.92 Å². The summed E-state index contributed by atoms with van der Waals surface area (Å²) in [5.74, 6) is 2.56. The van der Waals surface area contributed by atoms with Crippen LogP contribution in [-0.4, -0.2) is 39.4 Å². The molecule has 1 unspecified atom stereocenters. The fourth-order valence-electron chi connectivity index (χ4n) is 3.55. The number of benzene rings is 1. The maximum Gasteiger partial charge on any atom is 0.188 e. The number of aliphatic imine (C=N–C) groups is 1. The maximum absolute atomic E-state index is 6.00. The first kappa shape index (κ1) is 20.4. The summed E-state index contributed by atoms with van der Waals surface area (Å²) in [6, 6.07) is 5.76. The fourth-order valence-corrected chi connectivity index (χ4v) is 3.55. The first-order valence-corrected chi connectivity index (χ1v) is 9.54. The lowest BCUT2D eigenvalue weighted by molar-refractivity contribution is 0.0170. The third kappa shape index (κ3) is 6.09. The molecular weight excluding hydrogens is 330 g/mol. The summed E-state index contributed by atoms with van der Waals surface area (Å²) in [7, 11) is 3.25. The van der Waals surface area contributed by atoms with Gasteiger partial charge in [0.05, 0.1) is 26.9 Å². The van der Waals surface area contributed by atoms with Crippen LogP contribution < -0.4 is 20.5 Å². The predicted molar refractivity (Wildman–Crippen MR) is 105 cm³/mol. The van der Waals surface area contributed by atoms with Crippen molar-refractivity contribution in [2.45, 2.75) is 51.7 Å². The maximum atomic E-state index is 6.00. The number of methoxy groups -OCH3 is 2. The smallest absolute Gasteiger partial charge is 0.188 e. The van der Waals surface area contributed by atoms with Crippen molar-refractivity contribution in [1.29, 1.82) is 0 Å². The first-order valence-electron chi connectivity index (χ1n) is 9.54. The second-order valence-corrected chi connectivity index (χ2v) is 6.64. The summed E-state index contributed by atoms with van der Waals surface area (Å²) in [5.41, 5.74) is 7.02. The molecule has 1 fully saturated rings. The summed E-state index contributed by atoms with van der Waals surface area (Å²) >= 11 is 0. The lowest BCUT2D eigenvalue weighted by Crippen LogP contribution is -2.35. The molecule has 1 aliphatic rings. The summed E-state index contributed by atoms with van der Waals surface area (Å²) in [4.78, 5) is 4.41. The van der Waals surface area contributed by atoms with Gasteiger partial charge in [0.2, 0.25) is 0 Å². The molecule has 0 saturated heterocycles. The van der Waals surface area contributed by atoms with Crippen LogP contribution in [0.25, 0.3) is 0 Å². The standard InChI is InChI=1S/C20H33N3O3/c1-4-26-17(16-7-5-6-8-16)11-12-22-20(21)23-14-15-9-10-18(24-2)19(13-15)25-3/h9-10,13,16-17H,4-8,11-12,14H2,1-3H3,(H3,21,22,23). The quantitative estimate of drug-likeness (QED) is 0.493. The SMILES string of the molecule is CCOC(CCNC(N)=NCc1ccc(OC)c(OC)c1)C1CCCC1. The predicted octanol–water partition coefficient (Wildman–Crippen LogP) is 3.09. The normalized spacial score (nSPS) is 16.5. The van der Waals surface area contributed by atoms with Crippen molar-refractivity contribution in [1.82, 2.24) is 5.32 Å². The van der Waals surface area contributed by atoms with Crippen LogP contribution in [0.2, 0.25) is 0 Å². The van der Waals surface area contributed by atoms with E-state index in [4.69, 9.17) is 19.9 Å². The molecule has 0 spiro atoms. The second-order valence-electron chi connectivity index (χ2n) is 6.64. The van der Waals surface area contributed by atoms with E-state index in [1.807, 2.05) is 18.2 Å². The molecule has 6 heteroatoms. The van der Waals surface area contributed by atoms with Crippen LogP contribution in [0.3, 0.4) is 0 Å². The third-order valence-electron chi connectivity index (χ3n) is 4.92. The molecule has 26 heavy (non-hydrogen) atoms. The van der Waals surface area contributed by atoms with Gasteiger partial charge < -0.3 is 25.3 Å².